The van der Waals surface area contributed by atoms with Gasteiger partial charge in [0.15, 0.2) is 0 Å². The highest BCUT2D eigenvalue weighted by Gasteiger charge is 1.93. The Morgan fingerprint density at radius 2 is 1.74 bits per heavy atom. The van der Waals surface area contributed by atoms with Crippen molar-refractivity contribution in [3.8, 4) is 0 Å². The molecule has 0 aliphatic rings. The van der Waals surface area contributed by atoms with Gasteiger partial charge in [0.1, 0.15) is 0 Å². The lowest BCUT2D eigenvalue weighted by molar-refractivity contribution is 0.118. The molecule has 0 saturated carbocycles. The zero-order valence-electron chi connectivity index (χ0n) is 11.1. The van der Waals surface area contributed by atoms with Gasteiger partial charge >= 0.3 is 0 Å². The number of benzene rings is 1. The molecule has 2 aromatic rings. The number of nitrogens with zero attached hydrogens (tertiary/aromatic N) is 1. The monoisotopic (exact) mass is 256 g/mol. The number of hydrogen-bond donors (Lipinski definition) is 1. The summed E-state index contributed by atoms with van der Waals surface area (Å²) in [5.74, 6) is 0. The minimum Gasteiger partial charge on any atom is -0.377 e. The van der Waals surface area contributed by atoms with Crippen LogP contribution in [0.1, 0.15) is 17.5 Å². The second-order valence-corrected chi connectivity index (χ2v) is 4.42. The van der Waals surface area contributed by atoms with Gasteiger partial charge in [-0.1, -0.05) is 30.3 Å². The Hall–Kier alpha value is -1.71. The zero-order valence-corrected chi connectivity index (χ0v) is 11.1. The van der Waals surface area contributed by atoms with Crippen LogP contribution in [-0.2, 0) is 17.9 Å². The average molecular weight is 256 g/mol. The minimum absolute atomic E-state index is 0.668. The molecule has 1 N–H and O–H groups in total. The van der Waals surface area contributed by atoms with Crippen molar-refractivity contribution in [3.63, 3.8) is 0 Å². The molecule has 0 atom stereocenters. The highest BCUT2D eigenvalue weighted by molar-refractivity contribution is 5.14. The standard InChI is InChI=1S/C16H20N2O/c1-2-5-15(6-3-1)13-18-9-4-12-19-14-16-7-10-17-11-8-16/h1-3,5-8,10-11,18H,4,9,12-14H2. The van der Waals surface area contributed by atoms with Crippen molar-refractivity contribution in [2.75, 3.05) is 13.2 Å². The molecule has 0 aliphatic heterocycles. The Labute approximate surface area is 114 Å². The first-order chi connectivity index (χ1) is 9.45. The second kappa shape index (κ2) is 8.40. The summed E-state index contributed by atoms with van der Waals surface area (Å²) < 4.78 is 5.60. The van der Waals surface area contributed by atoms with Gasteiger partial charge in [-0.15, -0.1) is 0 Å². The van der Waals surface area contributed by atoms with Crippen LogP contribution in [0.25, 0.3) is 0 Å². The fraction of sp³-hybridized carbons (Fsp3) is 0.312. The first-order valence-corrected chi connectivity index (χ1v) is 6.66. The number of nitrogens with one attached hydrogen (secondary N) is 1. The van der Waals surface area contributed by atoms with Gasteiger partial charge < -0.3 is 10.1 Å². The van der Waals surface area contributed by atoms with Gasteiger partial charge in [-0.3, -0.25) is 4.98 Å². The van der Waals surface area contributed by atoms with Crippen molar-refractivity contribution in [1.82, 2.24) is 10.3 Å². The molecule has 1 aromatic heterocycles. The summed E-state index contributed by atoms with van der Waals surface area (Å²) in [6.07, 6.45) is 4.61. The molecule has 0 saturated heterocycles. The van der Waals surface area contributed by atoms with Gasteiger partial charge in [0, 0.05) is 25.5 Å². The Bertz CT molecular complexity index is 401. The molecule has 0 bridgehead atoms. The van der Waals surface area contributed by atoms with E-state index in [-0.39, 0.29) is 0 Å². The molecular formula is C16H20N2O. The molecular weight excluding hydrogens is 236 g/mol. The Morgan fingerprint density at radius 3 is 2.53 bits per heavy atom. The van der Waals surface area contributed by atoms with Gasteiger partial charge in [-0.25, -0.2) is 0 Å². The molecule has 1 heterocycles. The third-order valence-electron chi connectivity index (χ3n) is 2.83. The highest BCUT2D eigenvalue weighted by atomic mass is 16.5. The van der Waals surface area contributed by atoms with E-state index in [9.17, 15) is 0 Å². The second-order valence-electron chi connectivity index (χ2n) is 4.42. The Balaban J connectivity index is 1.49. The summed E-state index contributed by atoms with van der Waals surface area (Å²) in [5, 5.41) is 3.41. The quantitative estimate of drug-likeness (QED) is 0.737. The number of aromatic nitrogens is 1. The third kappa shape index (κ3) is 5.64. The SMILES string of the molecule is c1ccc(CNCCCOCc2ccncc2)cc1. The first-order valence-electron chi connectivity index (χ1n) is 6.66. The van der Waals surface area contributed by atoms with E-state index in [4.69, 9.17) is 4.74 Å². The van der Waals surface area contributed by atoms with Crippen LogP contribution in [0.3, 0.4) is 0 Å². The van der Waals surface area contributed by atoms with E-state index < -0.39 is 0 Å². The molecule has 1 aromatic carbocycles. The highest BCUT2D eigenvalue weighted by Crippen LogP contribution is 1.99. The molecule has 2 rings (SSSR count). The van der Waals surface area contributed by atoms with Gasteiger partial charge in [0.2, 0.25) is 0 Å². The summed E-state index contributed by atoms with van der Waals surface area (Å²) in [6.45, 7) is 3.35. The summed E-state index contributed by atoms with van der Waals surface area (Å²) in [5.41, 5.74) is 2.49. The Morgan fingerprint density at radius 1 is 0.947 bits per heavy atom. The average Bonchev–Trinajstić information content (AvgIpc) is 2.48. The molecule has 0 radical (unpaired) electrons. The maximum atomic E-state index is 5.60. The van der Waals surface area contributed by atoms with E-state index in [2.05, 4.69) is 34.6 Å². The van der Waals surface area contributed by atoms with E-state index >= 15 is 0 Å². The van der Waals surface area contributed by atoms with E-state index in [0.29, 0.717) is 6.61 Å². The van der Waals surface area contributed by atoms with E-state index in [1.165, 1.54) is 11.1 Å². The summed E-state index contributed by atoms with van der Waals surface area (Å²) in [7, 11) is 0. The van der Waals surface area contributed by atoms with E-state index in [1.807, 2.05) is 18.2 Å². The molecule has 100 valence electrons. The molecule has 0 spiro atoms. The smallest absolute Gasteiger partial charge is 0.0717 e. The van der Waals surface area contributed by atoms with Crippen molar-refractivity contribution in [1.29, 1.82) is 0 Å². The molecule has 19 heavy (non-hydrogen) atoms. The summed E-state index contributed by atoms with van der Waals surface area (Å²) in [6, 6.07) is 14.4. The number of pyridine rings is 1. The maximum Gasteiger partial charge on any atom is 0.0717 e. The summed E-state index contributed by atoms with van der Waals surface area (Å²) in [4.78, 5) is 3.98. The van der Waals surface area contributed by atoms with Crippen molar-refractivity contribution >= 4 is 0 Å². The number of hydrogen-bond acceptors (Lipinski definition) is 3. The van der Waals surface area contributed by atoms with Gasteiger partial charge in [-0.05, 0) is 36.2 Å². The first kappa shape index (κ1) is 13.7. The molecule has 0 aliphatic carbocycles. The lowest BCUT2D eigenvalue weighted by Crippen LogP contribution is -2.16. The minimum atomic E-state index is 0.668. The molecule has 0 unspecified atom stereocenters. The molecule has 0 amide bonds. The fourth-order valence-electron chi connectivity index (χ4n) is 1.80. The lowest BCUT2D eigenvalue weighted by atomic mass is 10.2. The van der Waals surface area contributed by atoms with Crippen molar-refractivity contribution < 1.29 is 4.74 Å². The Kier molecular flexibility index (Phi) is 6.07. The van der Waals surface area contributed by atoms with Gasteiger partial charge in [0.05, 0.1) is 6.61 Å². The van der Waals surface area contributed by atoms with Crippen molar-refractivity contribution in [3.05, 3.63) is 66.0 Å². The lowest BCUT2D eigenvalue weighted by Gasteiger charge is -2.06. The van der Waals surface area contributed by atoms with Crippen LogP contribution in [0.5, 0.6) is 0 Å². The maximum absolute atomic E-state index is 5.60. The largest absolute Gasteiger partial charge is 0.377 e. The van der Waals surface area contributed by atoms with Crippen LogP contribution >= 0.6 is 0 Å². The van der Waals surface area contributed by atoms with Gasteiger partial charge in [-0.2, -0.15) is 0 Å². The predicted molar refractivity (Wildman–Crippen MR) is 76.7 cm³/mol. The van der Waals surface area contributed by atoms with Crippen molar-refractivity contribution in [2.24, 2.45) is 0 Å². The number of rotatable bonds is 8. The zero-order chi connectivity index (χ0) is 13.2. The molecule has 3 heteroatoms. The molecule has 0 fully saturated rings. The van der Waals surface area contributed by atoms with Crippen LogP contribution < -0.4 is 5.32 Å². The topological polar surface area (TPSA) is 34.1 Å². The van der Waals surface area contributed by atoms with E-state index in [0.717, 1.165) is 26.1 Å². The fourth-order valence-corrected chi connectivity index (χ4v) is 1.80. The van der Waals surface area contributed by atoms with Gasteiger partial charge in [0.25, 0.3) is 0 Å². The van der Waals surface area contributed by atoms with Crippen LogP contribution in [0, 0.1) is 0 Å². The van der Waals surface area contributed by atoms with Crippen LogP contribution in [0.4, 0.5) is 0 Å². The predicted octanol–water partition coefficient (Wildman–Crippen LogP) is 2.78. The molecule has 3 nitrogen and oxygen atoms in total. The summed E-state index contributed by atoms with van der Waals surface area (Å²) >= 11 is 0. The third-order valence-corrected chi connectivity index (χ3v) is 2.83. The van der Waals surface area contributed by atoms with Crippen LogP contribution in [0.15, 0.2) is 54.9 Å². The van der Waals surface area contributed by atoms with Crippen LogP contribution in [-0.4, -0.2) is 18.1 Å². The number of ether oxygens (including phenoxy) is 1. The van der Waals surface area contributed by atoms with E-state index in [1.54, 1.807) is 12.4 Å². The normalized spacial score (nSPS) is 10.5. The van der Waals surface area contributed by atoms with Crippen LogP contribution in [0.2, 0.25) is 0 Å². The van der Waals surface area contributed by atoms with Crippen molar-refractivity contribution in [2.45, 2.75) is 19.6 Å².